The Morgan fingerprint density at radius 2 is 1.97 bits per heavy atom. The van der Waals surface area contributed by atoms with Gasteiger partial charge < -0.3 is 10.1 Å². The van der Waals surface area contributed by atoms with Gasteiger partial charge in [-0.05, 0) is 36.6 Å². The predicted molar refractivity (Wildman–Crippen MR) is 108 cm³/mol. The molecule has 30 heavy (non-hydrogen) atoms. The van der Waals surface area contributed by atoms with Crippen molar-refractivity contribution in [1.82, 2.24) is 4.90 Å². The minimum Gasteiger partial charge on any atom is -0.465 e. The fraction of sp³-hybridized carbons (Fsp3) is 0.364. The Balaban J connectivity index is 1.68. The van der Waals surface area contributed by atoms with Gasteiger partial charge in [0.1, 0.15) is 0 Å². The smallest absolute Gasteiger partial charge is 0.337 e. The number of carbonyl (C=O) groups excluding carboxylic acids is 2. The molecule has 5 rings (SSSR count). The predicted octanol–water partition coefficient (Wildman–Crippen LogP) is 2.53. The van der Waals surface area contributed by atoms with Crippen molar-refractivity contribution in [3.63, 3.8) is 0 Å². The lowest BCUT2D eigenvalue weighted by molar-refractivity contribution is -0.534. The normalized spacial score (nSPS) is 29.5. The lowest BCUT2D eigenvalue weighted by atomic mass is 9.77. The zero-order valence-electron chi connectivity index (χ0n) is 16.4. The number of nitrogens with zero attached hydrogens (tertiary/aromatic N) is 2. The maximum atomic E-state index is 13.4. The molecule has 0 unspecified atom stereocenters. The maximum absolute atomic E-state index is 13.4. The number of hydrogen-bond acceptors (Lipinski definition) is 6. The van der Waals surface area contributed by atoms with Crippen molar-refractivity contribution in [2.24, 2.45) is 0 Å². The van der Waals surface area contributed by atoms with E-state index in [4.69, 9.17) is 4.74 Å². The van der Waals surface area contributed by atoms with Crippen molar-refractivity contribution in [2.75, 3.05) is 19.0 Å². The number of ether oxygens (including phenoxy) is 1. The SMILES string of the molecule is COC(=O)c1ccc([C@H]2[C@H]([N+](=O)[O-])[C@]3(C(=O)Nc4ccccc43)N3CCC[C@@H]23)cc1. The molecule has 1 amide bonds. The second-order valence-corrected chi connectivity index (χ2v) is 8.04. The van der Waals surface area contributed by atoms with Gasteiger partial charge in [0.25, 0.3) is 11.9 Å². The number of anilines is 1. The Hall–Kier alpha value is -3.26. The summed E-state index contributed by atoms with van der Waals surface area (Å²) in [5.74, 6) is -1.25. The van der Waals surface area contributed by atoms with Crippen LogP contribution in [0.15, 0.2) is 48.5 Å². The van der Waals surface area contributed by atoms with E-state index in [2.05, 4.69) is 5.32 Å². The number of esters is 1. The minimum atomic E-state index is -1.33. The van der Waals surface area contributed by atoms with E-state index in [1.165, 1.54) is 7.11 Å². The monoisotopic (exact) mass is 407 g/mol. The molecule has 2 aromatic rings. The van der Waals surface area contributed by atoms with Crippen LogP contribution in [0.5, 0.6) is 0 Å². The third-order valence-corrected chi connectivity index (χ3v) is 6.81. The molecule has 2 fully saturated rings. The molecule has 3 aliphatic heterocycles. The maximum Gasteiger partial charge on any atom is 0.337 e. The topological polar surface area (TPSA) is 102 Å². The summed E-state index contributed by atoms with van der Waals surface area (Å²) in [6.07, 6.45) is 1.66. The van der Waals surface area contributed by atoms with Gasteiger partial charge in [-0.1, -0.05) is 30.3 Å². The number of amides is 1. The summed E-state index contributed by atoms with van der Waals surface area (Å²) < 4.78 is 4.75. The van der Waals surface area contributed by atoms with Crippen LogP contribution in [-0.4, -0.2) is 47.4 Å². The van der Waals surface area contributed by atoms with E-state index >= 15 is 0 Å². The second-order valence-electron chi connectivity index (χ2n) is 8.04. The van der Waals surface area contributed by atoms with E-state index in [0.29, 0.717) is 23.4 Å². The van der Waals surface area contributed by atoms with Crippen molar-refractivity contribution in [2.45, 2.75) is 36.4 Å². The molecule has 0 aliphatic carbocycles. The molecule has 8 nitrogen and oxygen atoms in total. The van der Waals surface area contributed by atoms with Crippen LogP contribution in [0.4, 0.5) is 5.69 Å². The number of nitro groups is 1. The van der Waals surface area contributed by atoms with Crippen LogP contribution in [0.25, 0.3) is 0 Å². The third kappa shape index (κ3) is 2.31. The average Bonchev–Trinajstić information content (AvgIpc) is 3.41. The van der Waals surface area contributed by atoms with Crippen LogP contribution >= 0.6 is 0 Å². The van der Waals surface area contributed by atoms with Gasteiger partial charge in [0, 0.05) is 28.8 Å². The number of fused-ring (bicyclic) bond motifs is 4. The van der Waals surface area contributed by atoms with Crippen LogP contribution in [0.3, 0.4) is 0 Å². The first-order valence-electron chi connectivity index (χ1n) is 9.99. The molecule has 3 aliphatic rings. The third-order valence-electron chi connectivity index (χ3n) is 6.81. The summed E-state index contributed by atoms with van der Waals surface area (Å²) in [5.41, 5.74) is 1.14. The molecular weight excluding hydrogens is 386 g/mol. The molecule has 0 saturated carbocycles. The van der Waals surface area contributed by atoms with E-state index in [0.717, 1.165) is 18.4 Å². The van der Waals surface area contributed by atoms with E-state index in [-0.39, 0.29) is 16.9 Å². The summed E-state index contributed by atoms with van der Waals surface area (Å²) in [6, 6.07) is 12.8. The van der Waals surface area contributed by atoms with E-state index < -0.39 is 23.5 Å². The summed E-state index contributed by atoms with van der Waals surface area (Å²) in [4.78, 5) is 39.4. The van der Waals surface area contributed by atoms with Crippen molar-refractivity contribution in [3.8, 4) is 0 Å². The van der Waals surface area contributed by atoms with Gasteiger partial charge in [-0.3, -0.25) is 19.8 Å². The molecule has 154 valence electrons. The summed E-state index contributed by atoms with van der Waals surface area (Å²) >= 11 is 0. The minimum absolute atomic E-state index is 0.124. The van der Waals surface area contributed by atoms with Gasteiger partial charge in [-0.15, -0.1) is 0 Å². The number of hydrogen-bond donors (Lipinski definition) is 1. The van der Waals surface area contributed by atoms with Gasteiger partial charge in [0.05, 0.1) is 18.6 Å². The van der Waals surface area contributed by atoms with Gasteiger partial charge >= 0.3 is 5.97 Å². The Labute approximate surface area is 173 Å². The molecule has 8 heteroatoms. The zero-order valence-corrected chi connectivity index (χ0v) is 16.4. The van der Waals surface area contributed by atoms with Gasteiger partial charge in [-0.25, -0.2) is 4.79 Å². The molecule has 1 N–H and O–H groups in total. The van der Waals surface area contributed by atoms with E-state index in [9.17, 15) is 19.7 Å². The molecule has 3 heterocycles. The lowest BCUT2D eigenvalue weighted by Gasteiger charge is -2.32. The Bertz CT molecular complexity index is 1050. The number of para-hydroxylation sites is 1. The fourth-order valence-electron chi connectivity index (χ4n) is 5.73. The number of carbonyl (C=O) groups is 2. The number of rotatable bonds is 3. The first-order valence-corrected chi connectivity index (χ1v) is 9.99. The molecule has 0 bridgehead atoms. The molecule has 1 spiro atoms. The van der Waals surface area contributed by atoms with Gasteiger partial charge in [-0.2, -0.15) is 0 Å². The van der Waals surface area contributed by atoms with Crippen molar-refractivity contribution < 1.29 is 19.2 Å². The van der Waals surface area contributed by atoms with Crippen LogP contribution in [0.2, 0.25) is 0 Å². The first-order chi connectivity index (χ1) is 14.5. The highest BCUT2D eigenvalue weighted by atomic mass is 16.6. The zero-order chi connectivity index (χ0) is 21.0. The molecule has 0 aromatic heterocycles. The van der Waals surface area contributed by atoms with Crippen molar-refractivity contribution in [1.29, 1.82) is 0 Å². The molecule has 0 radical (unpaired) electrons. The quantitative estimate of drug-likeness (QED) is 0.477. The highest BCUT2D eigenvalue weighted by Gasteiger charge is 2.73. The fourth-order valence-corrected chi connectivity index (χ4v) is 5.73. The first kappa shape index (κ1) is 18.7. The van der Waals surface area contributed by atoms with Crippen LogP contribution in [0, 0.1) is 10.1 Å². The van der Waals surface area contributed by atoms with Crippen molar-refractivity contribution in [3.05, 3.63) is 75.3 Å². The Kier molecular flexibility index (Phi) is 4.14. The van der Waals surface area contributed by atoms with Gasteiger partial charge in [0.15, 0.2) is 5.54 Å². The highest BCUT2D eigenvalue weighted by molar-refractivity contribution is 6.07. The lowest BCUT2D eigenvalue weighted by Crippen LogP contribution is -2.55. The number of benzene rings is 2. The van der Waals surface area contributed by atoms with Crippen LogP contribution in [-0.2, 0) is 15.1 Å². The number of nitrogens with one attached hydrogen (secondary N) is 1. The van der Waals surface area contributed by atoms with Crippen LogP contribution < -0.4 is 5.32 Å². The van der Waals surface area contributed by atoms with E-state index in [1.54, 1.807) is 30.3 Å². The standard InChI is InChI=1S/C22H21N3O5/c1-30-20(26)14-10-8-13(9-11-14)18-17-7-4-12-24(17)22(19(18)25(28)29)15-5-2-3-6-16(15)23-21(22)27/h2-3,5-6,8-11,17-19H,4,7,12H2,1H3,(H,23,27)/t17-,18+,19-,22+/m0/s1. The summed E-state index contributed by atoms with van der Waals surface area (Å²) in [5, 5.41) is 15.4. The number of methoxy groups -OCH3 is 1. The summed E-state index contributed by atoms with van der Waals surface area (Å²) in [7, 11) is 1.31. The Morgan fingerprint density at radius 1 is 1.23 bits per heavy atom. The van der Waals surface area contributed by atoms with Crippen molar-refractivity contribution >= 4 is 17.6 Å². The molecule has 2 aromatic carbocycles. The molecule has 2 saturated heterocycles. The highest BCUT2D eigenvalue weighted by Crippen LogP contribution is 2.57. The average molecular weight is 407 g/mol. The molecule has 4 atom stereocenters. The summed E-state index contributed by atoms with van der Waals surface area (Å²) in [6.45, 7) is 0.632. The van der Waals surface area contributed by atoms with Gasteiger partial charge in [0.2, 0.25) is 0 Å². The second kappa shape index (κ2) is 6.63. The largest absolute Gasteiger partial charge is 0.465 e. The molecular formula is C22H21N3O5. The van der Waals surface area contributed by atoms with E-state index in [1.807, 2.05) is 23.1 Å². The van der Waals surface area contributed by atoms with Crippen LogP contribution in [0.1, 0.15) is 40.2 Å². The Morgan fingerprint density at radius 3 is 2.67 bits per heavy atom.